The zero-order valence-corrected chi connectivity index (χ0v) is 16.9. The van der Waals surface area contributed by atoms with Crippen LogP contribution in [0.25, 0.3) is 0 Å². The minimum atomic E-state index is -0.508. The van der Waals surface area contributed by atoms with Crippen LogP contribution < -0.4 is 10.1 Å². The van der Waals surface area contributed by atoms with Crippen molar-refractivity contribution >= 4 is 44.1 Å². The molecule has 0 bridgehead atoms. The van der Waals surface area contributed by atoms with Crippen LogP contribution in [0.5, 0.6) is 5.75 Å². The van der Waals surface area contributed by atoms with Crippen LogP contribution in [0.3, 0.4) is 0 Å². The summed E-state index contributed by atoms with van der Waals surface area (Å²) in [6.07, 6.45) is 0. The number of benzene rings is 1. The molecule has 0 aliphatic rings. The summed E-state index contributed by atoms with van der Waals surface area (Å²) in [5.41, 5.74) is 1.81. The SMILES string of the molecule is CCOC(=O)c1sc(NC(=O)COc2ccc(C)cc2Br)c(C#N)c1C. The van der Waals surface area contributed by atoms with Crippen LogP contribution in [-0.2, 0) is 9.53 Å². The number of thiophene rings is 1. The minimum Gasteiger partial charge on any atom is -0.483 e. The van der Waals surface area contributed by atoms with Crippen LogP contribution in [0.1, 0.15) is 33.3 Å². The van der Waals surface area contributed by atoms with E-state index in [1.54, 1.807) is 19.9 Å². The number of esters is 1. The molecule has 0 fully saturated rings. The number of rotatable bonds is 6. The first-order chi connectivity index (χ1) is 12.4. The number of aryl methyl sites for hydroxylation is 1. The highest BCUT2D eigenvalue weighted by Gasteiger charge is 2.22. The Morgan fingerprint density at radius 2 is 2.08 bits per heavy atom. The third-order valence-electron chi connectivity index (χ3n) is 3.42. The molecule has 0 spiro atoms. The molecule has 0 saturated carbocycles. The van der Waals surface area contributed by atoms with Gasteiger partial charge in [0, 0.05) is 0 Å². The van der Waals surface area contributed by atoms with Crippen molar-refractivity contribution in [2.75, 3.05) is 18.5 Å². The maximum atomic E-state index is 12.2. The predicted octanol–water partition coefficient (Wildman–Crippen LogP) is 4.19. The van der Waals surface area contributed by atoms with Gasteiger partial charge >= 0.3 is 5.97 Å². The lowest BCUT2D eigenvalue weighted by atomic mass is 10.2. The molecule has 1 aromatic carbocycles. The number of nitriles is 1. The van der Waals surface area contributed by atoms with Gasteiger partial charge in [-0.25, -0.2) is 4.79 Å². The summed E-state index contributed by atoms with van der Waals surface area (Å²) in [5.74, 6) is -0.390. The summed E-state index contributed by atoms with van der Waals surface area (Å²) in [6, 6.07) is 7.54. The fourth-order valence-corrected chi connectivity index (χ4v) is 3.83. The van der Waals surface area contributed by atoms with E-state index in [1.165, 1.54) is 0 Å². The van der Waals surface area contributed by atoms with Crippen molar-refractivity contribution in [3.05, 3.63) is 44.2 Å². The van der Waals surface area contributed by atoms with Gasteiger partial charge in [-0.1, -0.05) is 6.07 Å². The van der Waals surface area contributed by atoms with Crippen molar-refractivity contribution in [1.29, 1.82) is 5.26 Å². The van der Waals surface area contributed by atoms with Crippen LogP contribution >= 0.6 is 27.3 Å². The Bertz CT molecular complexity index is 886. The van der Waals surface area contributed by atoms with Gasteiger partial charge in [0.15, 0.2) is 6.61 Å². The van der Waals surface area contributed by atoms with Gasteiger partial charge in [0.1, 0.15) is 21.7 Å². The van der Waals surface area contributed by atoms with Gasteiger partial charge in [-0.05, 0) is 60.0 Å². The summed E-state index contributed by atoms with van der Waals surface area (Å²) < 4.78 is 11.2. The quantitative estimate of drug-likeness (QED) is 0.685. The Morgan fingerprint density at radius 3 is 2.69 bits per heavy atom. The summed E-state index contributed by atoms with van der Waals surface area (Å²) in [5, 5.41) is 12.3. The van der Waals surface area contributed by atoms with Crippen LogP contribution in [0.4, 0.5) is 5.00 Å². The number of carbonyl (C=O) groups is 2. The second-order valence-corrected chi connectivity index (χ2v) is 7.24. The van der Waals surface area contributed by atoms with Crippen molar-refractivity contribution in [2.45, 2.75) is 20.8 Å². The molecule has 1 aromatic heterocycles. The van der Waals surface area contributed by atoms with E-state index in [0.717, 1.165) is 21.4 Å². The Labute approximate surface area is 163 Å². The highest BCUT2D eigenvalue weighted by molar-refractivity contribution is 9.10. The Balaban J connectivity index is 2.10. The molecule has 136 valence electrons. The van der Waals surface area contributed by atoms with Crippen LogP contribution in [-0.4, -0.2) is 25.1 Å². The molecule has 0 aliphatic carbocycles. The zero-order chi connectivity index (χ0) is 19.3. The highest BCUT2D eigenvalue weighted by Crippen LogP contribution is 2.33. The number of hydrogen-bond donors (Lipinski definition) is 1. The van der Waals surface area contributed by atoms with E-state index in [0.29, 0.717) is 21.2 Å². The van der Waals surface area contributed by atoms with E-state index in [9.17, 15) is 14.9 Å². The molecule has 0 aliphatic heterocycles. The van der Waals surface area contributed by atoms with Crippen LogP contribution in [0.2, 0.25) is 0 Å². The molecule has 2 rings (SSSR count). The number of anilines is 1. The molecule has 2 aromatic rings. The summed E-state index contributed by atoms with van der Waals surface area (Å²) in [6.45, 7) is 5.31. The number of carbonyl (C=O) groups excluding carboxylic acids is 2. The smallest absolute Gasteiger partial charge is 0.348 e. The molecule has 26 heavy (non-hydrogen) atoms. The highest BCUT2D eigenvalue weighted by atomic mass is 79.9. The molecule has 0 atom stereocenters. The van der Waals surface area contributed by atoms with E-state index < -0.39 is 11.9 Å². The number of amides is 1. The average Bonchev–Trinajstić information content (AvgIpc) is 2.89. The van der Waals surface area contributed by atoms with Gasteiger partial charge in [0.25, 0.3) is 5.91 Å². The van der Waals surface area contributed by atoms with Crippen LogP contribution in [0.15, 0.2) is 22.7 Å². The maximum absolute atomic E-state index is 12.2. The molecule has 1 amide bonds. The normalized spacial score (nSPS) is 10.1. The van der Waals surface area contributed by atoms with Crippen molar-refractivity contribution in [3.63, 3.8) is 0 Å². The molecule has 0 radical (unpaired) electrons. The largest absolute Gasteiger partial charge is 0.483 e. The van der Waals surface area contributed by atoms with Crippen LogP contribution in [0, 0.1) is 25.2 Å². The summed E-state index contributed by atoms with van der Waals surface area (Å²) in [7, 11) is 0. The maximum Gasteiger partial charge on any atom is 0.348 e. The first kappa shape index (κ1) is 19.9. The Morgan fingerprint density at radius 1 is 1.35 bits per heavy atom. The number of halogens is 1. The summed E-state index contributed by atoms with van der Waals surface area (Å²) in [4.78, 5) is 24.4. The first-order valence-corrected chi connectivity index (χ1v) is 9.37. The molecule has 1 heterocycles. The Kier molecular flexibility index (Phi) is 6.77. The third-order valence-corrected chi connectivity index (χ3v) is 5.23. The van der Waals surface area contributed by atoms with Gasteiger partial charge in [0.05, 0.1) is 16.6 Å². The molecular weight excluding hydrogens is 420 g/mol. The molecule has 0 unspecified atom stereocenters. The van der Waals surface area contributed by atoms with Crippen molar-refractivity contribution in [2.24, 2.45) is 0 Å². The van der Waals surface area contributed by atoms with E-state index in [-0.39, 0.29) is 18.8 Å². The third kappa shape index (κ3) is 4.62. The molecule has 8 heteroatoms. The second-order valence-electron chi connectivity index (χ2n) is 5.36. The van der Waals surface area contributed by atoms with Crippen molar-refractivity contribution in [3.8, 4) is 11.8 Å². The Hall–Kier alpha value is -2.37. The fraction of sp³-hybridized carbons (Fsp3) is 0.278. The van der Waals surface area contributed by atoms with E-state index in [1.807, 2.05) is 25.1 Å². The molecule has 0 saturated heterocycles. The van der Waals surface area contributed by atoms with Gasteiger partial charge in [0.2, 0.25) is 0 Å². The van der Waals surface area contributed by atoms with E-state index in [4.69, 9.17) is 9.47 Å². The van der Waals surface area contributed by atoms with Gasteiger partial charge in [-0.3, -0.25) is 4.79 Å². The average molecular weight is 437 g/mol. The molecule has 6 nitrogen and oxygen atoms in total. The number of ether oxygens (including phenoxy) is 2. The molecule has 1 N–H and O–H groups in total. The van der Waals surface area contributed by atoms with Crippen molar-refractivity contribution in [1.82, 2.24) is 0 Å². The predicted molar refractivity (Wildman–Crippen MR) is 103 cm³/mol. The summed E-state index contributed by atoms with van der Waals surface area (Å²) >= 11 is 4.40. The lowest BCUT2D eigenvalue weighted by Crippen LogP contribution is -2.20. The van der Waals surface area contributed by atoms with Gasteiger partial charge < -0.3 is 14.8 Å². The number of nitrogens with one attached hydrogen (secondary N) is 1. The minimum absolute atomic E-state index is 0.224. The number of hydrogen-bond acceptors (Lipinski definition) is 6. The number of nitrogens with zero attached hydrogens (tertiary/aromatic N) is 1. The molecular formula is C18H17BrN2O4S. The van der Waals surface area contributed by atoms with Crippen molar-refractivity contribution < 1.29 is 19.1 Å². The van der Waals surface area contributed by atoms with Gasteiger partial charge in [-0.2, -0.15) is 5.26 Å². The first-order valence-electron chi connectivity index (χ1n) is 7.76. The lowest BCUT2D eigenvalue weighted by molar-refractivity contribution is -0.118. The standard InChI is InChI=1S/C18H17BrN2O4S/c1-4-24-18(23)16-11(3)12(8-20)17(26-16)21-15(22)9-25-14-6-5-10(2)7-13(14)19/h5-7H,4,9H2,1-3H3,(H,21,22). The lowest BCUT2D eigenvalue weighted by Gasteiger charge is -2.09. The zero-order valence-electron chi connectivity index (χ0n) is 14.5. The topological polar surface area (TPSA) is 88.4 Å². The second kappa shape index (κ2) is 8.83. The fourth-order valence-electron chi connectivity index (χ4n) is 2.16. The monoisotopic (exact) mass is 436 g/mol. The van der Waals surface area contributed by atoms with Gasteiger partial charge in [-0.15, -0.1) is 11.3 Å². The van der Waals surface area contributed by atoms with E-state index in [2.05, 4.69) is 21.2 Å². The van der Waals surface area contributed by atoms with E-state index >= 15 is 0 Å².